The number of carboxylic acids is 1. The summed E-state index contributed by atoms with van der Waals surface area (Å²) in [6.45, 7) is 3.74. The van der Waals surface area contributed by atoms with Gasteiger partial charge in [0.25, 0.3) is 17.4 Å². The Morgan fingerprint density at radius 1 is 1.06 bits per heavy atom. The summed E-state index contributed by atoms with van der Waals surface area (Å²) in [6.07, 6.45) is 0. The number of fused-ring (bicyclic) bond motifs is 1. The number of thioether (sulfide) groups is 2. The highest BCUT2D eigenvalue weighted by molar-refractivity contribution is 8.01. The lowest BCUT2D eigenvalue weighted by Crippen LogP contribution is -2.71. The number of pyridine rings is 1. The number of tetrazole rings is 1. The lowest BCUT2D eigenvalue weighted by Gasteiger charge is -2.50. The van der Waals surface area contributed by atoms with Gasteiger partial charge in [0.05, 0.1) is 0 Å². The monoisotopic (exact) mass is 672 g/mol. The summed E-state index contributed by atoms with van der Waals surface area (Å²) in [5.74, 6) is -3.05. The number of nitrogens with zero attached hydrogens (tertiary/aromatic N) is 4. The minimum absolute atomic E-state index is 0.144. The Labute approximate surface area is 275 Å². The second-order valence-electron chi connectivity index (χ2n) is 10.8. The molecule has 1 saturated heterocycles. The lowest BCUT2D eigenvalue weighted by atomic mass is 10.00. The van der Waals surface area contributed by atoms with Crippen molar-refractivity contribution in [2.24, 2.45) is 0 Å². The smallest absolute Gasteiger partial charge is 0.352 e. The molecule has 240 valence electrons. The van der Waals surface area contributed by atoms with Crippen LogP contribution < -0.4 is 16.2 Å². The fourth-order valence-electron chi connectivity index (χ4n) is 5.33. The number of β-lactam (4-membered cyclic amide) rings is 1. The van der Waals surface area contributed by atoms with Crippen molar-refractivity contribution >= 4 is 47.2 Å². The molecule has 2 aliphatic rings. The van der Waals surface area contributed by atoms with Crippen molar-refractivity contribution in [1.82, 2.24) is 41.1 Å². The Morgan fingerprint density at radius 2 is 1.81 bits per heavy atom. The van der Waals surface area contributed by atoms with Crippen LogP contribution in [0.1, 0.15) is 34.5 Å². The molecule has 14 nitrogen and oxygen atoms in total. The van der Waals surface area contributed by atoms with Gasteiger partial charge in [0.15, 0.2) is 0 Å². The maximum absolute atomic E-state index is 13.7. The lowest BCUT2D eigenvalue weighted by molar-refractivity contribution is -0.151. The standard InChI is InChI=1S/C31H28N8O6S2/c1-15-8-10-17(11-9-15)21-13-12-19(25(40)32-21)26(41)33-22(18-6-4-3-5-7-18)27(42)34-23-28(43)39-24(30(44)45)20(14-46-29(23)39)16(2)47-31-35-37-38-36-31/h3-13,16,22-23,29H,14H2,1-2H3,(H,32,40)(H,33,41)(H,34,42)(H,44,45)(H,35,36,37,38)/t16?,22?,23?,29-/m0/s1. The Balaban J connectivity index is 1.19. The predicted molar refractivity (Wildman–Crippen MR) is 173 cm³/mol. The number of hydrogen-bond donors (Lipinski definition) is 5. The van der Waals surface area contributed by atoms with Crippen LogP contribution >= 0.6 is 23.5 Å². The molecule has 1 fully saturated rings. The van der Waals surface area contributed by atoms with Crippen LogP contribution in [-0.2, 0) is 14.4 Å². The Morgan fingerprint density at radius 3 is 2.47 bits per heavy atom. The van der Waals surface area contributed by atoms with E-state index in [-0.39, 0.29) is 22.3 Å². The van der Waals surface area contributed by atoms with Crippen LogP contribution in [0.5, 0.6) is 0 Å². The van der Waals surface area contributed by atoms with E-state index in [9.17, 15) is 29.1 Å². The number of aromatic nitrogens is 5. The number of carbonyl (C=O) groups excluding carboxylic acids is 3. The number of benzene rings is 2. The van der Waals surface area contributed by atoms with Crippen LogP contribution in [0, 0.1) is 6.92 Å². The average Bonchev–Trinajstić information content (AvgIpc) is 3.58. The molecule has 0 radical (unpaired) electrons. The molecular formula is C31H28N8O6S2. The largest absolute Gasteiger partial charge is 0.477 e. The minimum atomic E-state index is -1.27. The highest BCUT2D eigenvalue weighted by Gasteiger charge is 2.55. The molecule has 2 aromatic heterocycles. The van der Waals surface area contributed by atoms with Gasteiger partial charge >= 0.3 is 5.97 Å². The molecule has 0 aliphatic carbocycles. The zero-order chi connectivity index (χ0) is 33.2. The van der Waals surface area contributed by atoms with Gasteiger partial charge in [-0.25, -0.2) is 4.79 Å². The number of amides is 3. The molecule has 16 heteroatoms. The molecular weight excluding hydrogens is 645 g/mol. The number of aromatic amines is 2. The molecule has 0 saturated carbocycles. The summed E-state index contributed by atoms with van der Waals surface area (Å²) >= 11 is 2.52. The molecule has 5 N–H and O–H groups in total. The molecule has 4 heterocycles. The van der Waals surface area contributed by atoms with Crippen molar-refractivity contribution in [2.75, 3.05) is 5.75 Å². The van der Waals surface area contributed by atoms with E-state index in [4.69, 9.17) is 0 Å². The number of aliphatic carboxylic acids is 1. The third-order valence-corrected chi connectivity index (χ3v) is 10.1. The fraction of sp³-hybridized carbons (Fsp3) is 0.226. The zero-order valence-corrected chi connectivity index (χ0v) is 26.6. The van der Waals surface area contributed by atoms with E-state index in [2.05, 4.69) is 36.2 Å². The zero-order valence-electron chi connectivity index (χ0n) is 25.0. The molecule has 47 heavy (non-hydrogen) atoms. The number of nitrogens with one attached hydrogen (secondary N) is 4. The van der Waals surface area contributed by atoms with Crippen molar-refractivity contribution in [1.29, 1.82) is 0 Å². The van der Waals surface area contributed by atoms with Crippen molar-refractivity contribution < 1.29 is 24.3 Å². The van der Waals surface area contributed by atoms with Gasteiger partial charge in [-0.1, -0.05) is 71.9 Å². The molecule has 3 amide bonds. The SMILES string of the molecule is Cc1ccc(-c2ccc(C(=O)NC(C(=O)NC3C(=O)N4C(C(=O)O)=C(C(C)Sc5nn[nH]n5)CS[C@@H]34)c3ccccc3)c(=O)[nH]2)cc1. The molecule has 3 unspecified atom stereocenters. The Kier molecular flexibility index (Phi) is 8.95. The van der Waals surface area contributed by atoms with Crippen LogP contribution in [0.3, 0.4) is 0 Å². The van der Waals surface area contributed by atoms with E-state index in [1.165, 1.54) is 34.5 Å². The number of carboxylic acid groups (broad SMARTS) is 1. The Hall–Kier alpha value is -5.22. The number of H-pyrrole nitrogens is 2. The average molecular weight is 673 g/mol. The van der Waals surface area contributed by atoms with E-state index >= 15 is 0 Å². The summed E-state index contributed by atoms with van der Waals surface area (Å²) in [7, 11) is 0. The number of rotatable bonds is 10. The van der Waals surface area contributed by atoms with E-state index in [0.717, 1.165) is 11.1 Å². The first-order valence-corrected chi connectivity index (χ1v) is 16.3. The van der Waals surface area contributed by atoms with Crippen molar-refractivity contribution in [3.05, 3.63) is 105 Å². The highest BCUT2D eigenvalue weighted by Crippen LogP contribution is 2.43. The summed E-state index contributed by atoms with van der Waals surface area (Å²) in [6, 6.07) is 16.6. The topological polar surface area (TPSA) is 203 Å². The maximum atomic E-state index is 13.7. The van der Waals surface area contributed by atoms with Crippen LogP contribution in [0.4, 0.5) is 0 Å². The van der Waals surface area contributed by atoms with E-state index in [1.807, 2.05) is 31.2 Å². The number of carbonyl (C=O) groups is 4. The van der Waals surface area contributed by atoms with Gasteiger partial charge in [-0.3, -0.25) is 24.1 Å². The molecule has 4 atom stereocenters. The van der Waals surface area contributed by atoms with Gasteiger partial charge in [-0.15, -0.1) is 22.0 Å². The minimum Gasteiger partial charge on any atom is -0.477 e. The second-order valence-corrected chi connectivity index (χ2v) is 13.2. The Bertz CT molecular complexity index is 1930. The molecule has 6 rings (SSSR count). The van der Waals surface area contributed by atoms with Crippen molar-refractivity contribution in [3.8, 4) is 11.3 Å². The first-order valence-electron chi connectivity index (χ1n) is 14.4. The fourth-order valence-corrected chi connectivity index (χ4v) is 7.74. The quantitative estimate of drug-likeness (QED) is 0.122. The molecule has 0 bridgehead atoms. The van der Waals surface area contributed by atoms with Gasteiger partial charge in [-0.2, -0.15) is 5.21 Å². The molecule has 0 spiro atoms. The van der Waals surface area contributed by atoms with Crippen LogP contribution in [0.2, 0.25) is 0 Å². The third kappa shape index (κ3) is 6.41. The predicted octanol–water partition coefficient (Wildman–Crippen LogP) is 2.25. The van der Waals surface area contributed by atoms with E-state index in [0.29, 0.717) is 22.0 Å². The second kappa shape index (κ2) is 13.3. The molecule has 4 aromatic rings. The summed E-state index contributed by atoms with van der Waals surface area (Å²) in [5, 5.41) is 28.3. The van der Waals surface area contributed by atoms with Crippen molar-refractivity contribution in [2.45, 2.75) is 41.7 Å². The van der Waals surface area contributed by atoms with Crippen LogP contribution in [-0.4, -0.2) is 81.7 Å². The summed E-state index contributed by atoms with van der Waals surface area (Å²) < 4.78 is 0. The third-order valence-electron chi connectivity index (χ3n) is 7.78. The highest BCUT2D eigenvalue weighted by atomic mass is 32.2. The van der Waals surface area contributed by atoms with Crippen LogP contribution in [0.15, 0.2) is 88.0 Å². The van der Waals surface area contributed by atoms with Gasteiger partial charge in [0.1, 0.15) is 28.7 Å². The number of aryl methyl sites for hydroxylation is 1. The van der Waals surface area contributed by atoms with Gasteiger partial charge in [0.2, 0.25) is 11.1 Å². The summed E-state index contributed by atoms with van der Waals surface area (Å²) in [4.78, 5) is 69.6. The van der Waals surface area contributed by atoms with Gasteiger partial charge in [0, 0.05) is 16.7 Å². The van der Waals surface area contributed by atoms with Crippen molar-refractivity contribution in [3.63, 3.8) is 0 Å². The van der Waals surface area contributed by atoms with E-state index in [1.54, 1.807) is 43.3 Å². The van der Waals surface area contributed by atoms with E-state index < -0.39 is 46.7 Å². The van der Waals surface area contributed by atoms with Crippen LogP contribution in [0.25, 0.3) is 11.3 Å². The normalized spacial score (nSPS) is 18.5. The molecule has 2 aliphatic heterocycles. The summed E-state index contributed by atoms with van der Waals surface area (Å²) in [5.41, 5.74) is 2.33. The first kappa shape index (κ1) is 31.7. The maximum Gasteiger partial charge on any atom is 0.352 e. The van der Waals surface area contributed by atoms with Gasteiger partial charge in [-0.05, 0) is 47.9 Å². The first-order chi connectivity index (χ1) is 22.6. The van der Waals surface area contributed by atoms with Gasteiger partial charge < -0.3 is 20.7 Å². The molecule has 2 aromatic carbocycles. The number of hydrogen-bond acceptors (Lipinski definition) is 10.